The molecule has 0 aliphatic rings. The maximum absolute atomic E-state index is 11.3. The van der Waals surface area contributed by atoms with Gasteiger partial charge in [0.15, 0.2) is 5.82 Å². The third-order valence-corrected chi connectivity index (χ3v) is 3.83. The van der Waals surface area contributed by atoms with Gasteiger partial charge in [-0.25, -0.2) is 0 Å². The average Bonchev–Trinajstić information content (AvgIpc) is 2.87. The quantitative estimate of drug-likeness (QED) is 0.568. The lowest BCUT2D eigenvalue weighted by Gasteiger charge is -1.99. The normalized spacial score (nSPS) is 12.2. The second-order valence-corrected chi connectivity index (χ2v) is 5.77. The summed E-state index contributed by atoms with van der Waals surface area (Å²) in [6.45, 7) is 0. The number of rotatable bonds is 3. The predicted molar refractivity (Wildman–Crippen MR) is 78.7 cm³/mol. The van der Waals surface area contributed by atoms with E-state index in [9.17, 15) is 8.42 Å². The molecule has 1 heterocycles. The van der Waals surface area contributed by atoms with Crippen LogP contribution in [0.25, 0.3) is 10.9 Å². The lowest BCUT2D eigenvalue weighted by molar-refractivity contribution is 0.483. The van der Waals surface area contributed by atoms with E-state index >= 15 is 0 Å². The standard InChI is InChI=1S/C14H11N3O3S/c18-21(19,20)13-8-4-3-7-12(13)16-17-14-9-10-5-1-2-6-11(10)15-14/h1-9,15H,(H,18,19,20). The zero-order chi connectivity index (χ0) is 14.9. The van der Waals surface area contributed by atoms with Crippen molar-refractivity contribution < 1.29 is 13.0 Å². The molecule has 0 radical (unpaired) electrons. The number of azo groups is 1. The molecule has 6 nitrogen and oxygen atoms in total. The molecule has 106 valence electrons. The molecular weight excluding hydrogens is 290 g/mol. The van der Waals surface area contributed by atoms with Gasteiger partial charge in [-0.1, -0.05) is 30.3 Å². The molecule has 2 aromatic carbocycles. The maximum atomic E-state index is 11.3. The average molecular weight is 301 g/mol. The van der Waals surface area contributed by atoms with Crippen LogP contribution in [0.4, 0.5) is 11.5 Å². The summed E-state index contributed by atoms with van der Waals surface area (Å²) in [5.74, 6) is 0.501. The number of hydrogen-bond donors (Lipinski definition) is 2. The van der Waals surface area contributed by atoms with Crippen molar-refractivity contribution >= 4 is 32.5 Å². The van der Waals surface area contributed by atoms with Crippen molar-refractivity contribution in [3.8, 4) is 0 Å². The van der Waals surface area contributed by atoms with E-state index in [1.54, 1.807) is 12.1 Å². The fraction of sp³-hybridized carbons (Fsp3) is 0. The molecular formula is C14H11N3O3S. The molecule has 0 unspecified atom stereocenters. The molecule has 0 saturated heterocycles. The van der Waals surface area contributed by atoms with Crippen molar-refractivity contribution in [2.45, 2.75) is 4.90 Å². The summed E-state index contributed by atoms with van der Waals surface area (Å²) in [5, 5.41) is 8.86. The Labute approximate surface area is 120 Å². The molecule has 0 amide bonds. The van der Waals surface area contributed by atoms with E-state index in [1.165, 1.54) is 18.2 Å². The molecule has 21 heavy (non-hydrogen) atoms. The molecule has 0 aliphatic heterocycles. The number of hydrogen-bond acceptors (Lipinski definition) is 4. The van der Waals surface area contributed by atoms with E-state index in [4.69, 9.17) is 4.55 Å². The minimum absolute atomic E-state index is 0.0821. The lowest BCUT2D eigenvalue weighted by Crippen LogP contribution is -1.97. The molecule has 1 aromatic heterocycles. The molecule has 0 fully saturated rings. The Hall–Kier alpha value is -2.51. The molecule has 0 saturated carbocycles. The predicted octanol–water partition coefficient (Wildman–Crippen LogP) is 3.83. The van der Waals surface area contributed by atoms with Crippen molar-refractivity contribution in [3.63, 3.8) is 0 Å². The summed E-state index contributed by atoms with van der Waals surface area (Å²) >= 11 is 0. The van der Waals surface area contributed by atoms with Gasteiger partial charge in [-0.05, 0) is 24.3 Å². The first-order valence-corrected chi connectivity index (χ1v) is 7.54. The van der Waals surface area contributed by atoms with Crippen LogP contribution in [-0.2, 0) is 10.1 Å². The first-order chi connectivity index (χ1) is 10.0. The molecule has 0 bridgehead atoms. The molecule has 0 atom stereocenters. The highest BCUT2D eigenvalue weighted by molar-refractivity contribution is 7.86. The number of fused-ring (bicyclic) bond motifs is 1. The third kappa shape index (κ3) is 2.83. The SMILES string of the molecule is O=S(=O)(O)c1ccccc1N=Nc1cc2ccccc2[nH]1. The van der Waals surface area contributed by atoms with Crippen LogP contribution >= 0.6 is 0 Å². The van der Waals surface area contributed by atoms with Crippen molar-refractivity contribution in [3.05, 3.63) is 54.6 Å². The minimum Gasteiger partial charge on any atom is -0.338 e. The van der Waals surface area contributed by atoms with Crippen LogP contribution in [0.5, 0.6) is 0 Å². The van der Waals surface area contributed by atoms with Crippen LogP contribution in [0.1, 0.15) is 0 Å². The monoisotopic (exact) mass is 301 g/mol. The Balaban J connectivity index is 2.00. The summed E-state index contributed by atoms with van der Waals surface area (Å²) < 4.78 is 31.6. The van der Waals surface area contributed by atoms with Crippen molar-refractivity contribution in [2.75, 3.05) is 0 Å². The highest BCUT2D eigenvalue weighted by Crippen LogP contribution is 2.27. The second-order valence-electron chi connectivity index (χ2n) is 4.38. The lowest BCUT2D eigenvalue weighted by atomic mass is 10.2. The van der Waals surface area contributed by atoms with E-state index in [-0.39, 0.29) is 10.6 Å². The van der Waals surface area contributed by atoms with Gasteiger partial charge in [-0.2, -0.15) is 8.42 Å². The highest BCUT2D eigenvalue weighted by Gasteiger charge is 2.14. The van der Waals surface area contributed by atoms with Gasteiger partial charge in [-0.15, -0.1) is 10.2 Å². The molecule has 0 spiro atoms. The first kappa shape index (κ1) is 13.5. The van der Waals surface area contributed by atoms with Crippen LogP contribution in [-0.4, -0.2) is 18.0 Å². The fourth-order valence-electron chi connectivity index (χ4n) is 1.98. The number of aromatic amines is 1. The second kappa shape index (κ2) is 5.12. The largest absolute Gasteiger partial charge is 0.338 e. The third-order valence-electron chi connectivity index (χ3n) is 2.92. The van der Waals surface area contributed by atoms with E-state index in [2.05, 4.69) is 15.2 Å². The first-order valence-electron chi connectivity index (χ1n) is 6.10. The number of para-hydroxylation sites is 1. The number of aromatic nitrogens is 1. The number of nitrogens with zero attached hydrogens (tertiary/aromatic N) is 2. The smallest absolute Gasteiger partial charge is 0.296 e. The Bertz CT molecular complexity index is 896. The van der Waals surface area contributed by atoms with Crippen LogP contribution < -0.4 is 0 Å². The molecule has 2 N–H and O–H groups in total. The van der Waals surface area contributed by atoms with Gasteiger partial charge in [-0.3, -0.25) is 4.55 Å². The van der Waals surface area contributed by atoms with Crippen LogP contribution in [0.15, 0.2) is 69.7 Å². The van der Waals surface area contributed by atoms with E-state index in [0.717, 1.165) is 10.9 Å². The van der Waals surface area contributed by atoms with Gasteiger partial charge in [0.1, 0.15) is 10.6 Å². The molecule has 3 aromatic rings. The van der Waals surface area contributed by atoms with Gasteiger partial charge in [0.05, 0.1) is 0 Å². The van der Waals surface area contributed by atoms with Crippen LogP contribution in [0.3, 0.4) is 0 Å². The Kier molecular flexibility index (Phi) is 3.28. The zero-order valence-corrected chi connectivity index (χ0v) is 11.6. The van der Waals surface area contributed by atoms with Gasteiger partial charge in [0.2, 0.25) is 0 Å². The number of H-pyrrole nitrogens is 1. The highest BCUT2D eigenvalue weighted by atomic mass is 32.2. The topological polar surface area (TPSA) is 94.9 Å². The van der Waals surface area contributed by atoms with Crippen molar-refractivity contribution in [2.24, 2.45) is 10.2 Å². The van der Waals surface area contributed by atoms with Crippen molar-refractivity contribution in [1.29, 1.82) is 0 Å². The minimum atomic E-state index is -4.33. The number of benzene rings is 2. The zero-order valence-electron chi connectivity index (χ0n) is 10.8. The number of nitrogens with one attached hydrogen (secondary N) is 1. The fourth-order valence-corrected chi connectivity index (χ4v) is 2.60. The van der Waals surface area contributed by atoms with Crippen LogP contribution in [0.2, 0.25) is 0 Å². The van der Waals surface area contributed by atoms with Gasteiger partial charge >= 0.3 is 0 Å². The van der Waals surface area contributed by atoms with Gasteiger partial charge in [0, 0.05) is 10.9 Å². The summed E-state index contributed by atoms with van der Waals surface area (Å²) in [7, 11) is -4.33. The summed E-state index contributed by atoms with van der Waals surface area (Å²) in [4.78, 5) is 2.78. The Morgan fingerprint density at radius 1 is 0.952 bits per heavy atom. The summed E-state index contributed by atoms with van der Waals surface area (Å²) in [6.07, 6.45) is 0. The maximum Gasteiger partial charge on any atom is 0.296 e. The van der Waals surface area contributed by atoms with E-state index < -0.39 is 10.1 Å². The van der Waals surface area contributed by atoms with E-state index in [0.29, 0.717) is 5.82 Å². The van der Waals surface area contributed by atoms with Gasteiger partial charge in [0.25, 0.3) is 10.1 Å². The summed E-state index contributed by atoms with van der Waals surface area (Å²) in [6, 6.07) is 15.3. The molecule has 7 heteroatoms. The Morgan fingerprint density at radius 3 is 2.43 bits per heavy atom. The van der Waals surface area contributed by atoms with Gasteiger partial charge < -0.3 is 4.98 Å². The van der Waals surface area contributed by atoms with E-state index in [1.807, 2.05) is 24.3 Å². The van der Waals surface area contributed by atoms with Crippen molar-refractivity contribution in [1.82, 2.24) is 4.98 Å². The molecule has 3 rings (SSSR count). The van der Waals surface area contributed by atoms with Crippen LogP contribution in [0, 0.1) is 0 Å². The molecule has 0 aliphatic carbocycles. The summed E-state index contributed by atoms with van der Waals surface area (Å²) in [5.41, 5.74) is 0.994. The Morgan fingerprint density at radius 2 is 1.67 bits per heavy atom.